The van der Waals surface area contributed by atoms with Gasteiger partial charge >= 0.3 is 12.0 Å². The highest BCUT2D eigenvalue weighted by atomic mass is 32.2. The highest BCUT2D eigenvalue weighted by molar-refractivity contribution is 7.93. The number of methoxy groups -OCH3 is 2. The molecule has 0 atom stereocenters. The van der Waals surface area contributed by atoms with Gasteiger partial charge in [0.1, 0.15) is 10.6 Å². The number of fused-ring (bicyclic) bond motifs is 1. The van der Waals surface area contributed by atoms with Crippen LogP contribution in [0.3, 0.4) is 0 Å². The molecule has 3 aromatic heterocycles. The van der Waals surface area contributed by atoms with Crippen LogP contribution >= 0.6 is 11.3 Å². The molecule has 5 rings (SSSR count). The van der Waals surface area contributed by atoms with E-state index in [4.69, 9.17) is 14.2 Å². The summed E-state index contributed by atoms with van der Waals surface area (Å²) in [7, 11) is -1.20. The molecular formula is C29H27N5O7S2. The number of ether oxygens (including phenoxy) is 3. The van der Waals surface area contributed by atoms with Gasteiger partial charge in [-0.05, 0) is 49.1 Å². The van der Waals surface area contributed by atoms with E-state index in [9.17, 15) is 18.3 Å². The van der Waals surface area contributed by atoms with Gasteiger partial charge in [0.15, 0.2) is 0 Å². The first kappa shape index (κ1) is 29.5. The van der Waals surface area contributed by atoms with Crippen LogP contribution in [0.2, 0.25) is 0 Å². The van der Waals surface area contributed by atoms with Gasteiger partial charge in [0, 0.05) is 28.7 Å². The van der Waals surface area contributed by atoms with E-state index in [1.807, 2.05) is 13.8 Å². The third kappa shape index (κ3) is 6.44. The fraction of sp³-hybridized carbons (Fsp3) is 0.172. The predicted octanol–water partition coefficient (Wildman–Crippen LogP) is 5.80. The number of pyridine rings is 1. The zero-order valence-electron chi connectivity index (χ0n) is 23.5. The van der Waals surface area contributed by atoms with Crippen LogP contribution in [0.15, 0.2) is 70.5 Å². The molecule has 3 heterocycles. The van der Waals surface area contributed by atoms with E-state index >= 15 is 0 Å². The Morgan fingerprint density at radius 1 is 1.00 bits per heavy atom. The molecule has 0 aliphatic heterocycles. The summed E-state index contributed by atoms with van der Waals surface area (Å²) in [6, 6.07) is 11.4. The molecule has 0 aliphatic rings. The van der Waals surface area contributed by atoms with Crippen molar-refractivity contribution in [2.24, 2.45) is 0 Å². The van der Waals surface area contributed by atoms with Crippen molar-refractivity contribution in [2.75, 3.05) is 24.3 Å². The molecule has 0 spiro atoms. The quantitative estimate of drug-likeness (QED) is 0.163. The second-order valence-corrected chi connectivity index (χ2v) is 11.9. The number of carboxylic acids is 1. The highest BCUT2D eigenvalue weighted by Gasteiger charge is 2.24. The van der Waals surface area contributed by atoms with Gasteiger partial charge in [0.2, 0.25) is 5.88 Å². The fourth-order valence-electron chi connectivity index (χ4n) is 4.29. The molecule has 43 heavy (non-hydrogen) atoms. The Morgan fingerprint density at radius 3 is 2.49 bits per heavy atom. The Hall–Kier alpha value is -4.95. The number of carboxylic acid groups (broad SMARTS) is 1. The molecule has 5 aromatic rings. The number of hydrogen-bond donors (Lipinski definition) is 3. The van der Waals surface area contributed by atoms with Crippen molar-refractivity contribution < 1.29 is 32.5 Å². The van der Waals surface area contributed by atoms with Gasteiger partial charge in [-0.25, -0.2) is 18.2 Å². The van der Waals surface area contributed by atoms with Gasteiger partial charge in [-0.2, -0.15) is 16.3 Å². The van der Waals surface area contributed by atoms with Crippen LogP contribution in [0.1, 0.15) is 24.2 Å². The second kappa shape index (κ2) is 12.1. The zero-order chi connectivity index (χ0) is 30.7. The van der Waals surface area contributed by atoms with Gasteiger partial charge in [0.25, 0.3) is 10.0 Å². The minimum absolute atomic E-state index is 0.0336. The van der Waals surface area contributed by atoms with Gasteiger partial charge in [-0.3, -0.25) is 9.71 Å². The maximum atomic E-state index is 13.6. The number of hydrogen-bond acceptors (Lipinski definition) is 11. The largest absolute Gasteiger partial charge is 0.491 e. The first-order chi connectivity index (χ1) is 20.6. The number of thiophene rings is 1. The summed E-state index contributed by atoms with van der Waals surface area (Å²) in [4.78, 5) is 24.6. The lowest BCUT2D eigenvalue weighted by Gasteiger charge is -2.18. The molecule has 0 radical (unpaired) electrons. The van der Waals surface area contributed by atoms with Crippen LogP contribution in [0, 0.1) is 0 Å². The lowest BCUT2D eigenvalue weighted by Crippen LogP contribution is -2.15. The second-order valence-electron chi connectivity index (χ2n) is 9.47. The van der Waals surface area contributed by atoms with Crippen molar-refractivity contribution in [3.8, 4) is 28.8 Å². The molecule has 0 unspecified atom stereocenters. The van der Waals surface area contributed by atoms with E-state index in [0.717, 1.165) is 0 Å². The lowest BCUT2D eigenvalue weighted by molar-refractivity contribution is 0.0696. The summed E-state index contributed by atoms with van der Waals surface area (Å²) in [5, 5.41) is 16.7. The monoisotopic (exact) mass is 621 g/mol. The maximum absolute atomic E-state index is 13.6. The lowest BCUT2D eigenvalue weighted by atomic mass is 10.0. The molecule has 12 nitrogen and oxygen atoms in total. The average molecular weight is 622 g/mol. The summed E-state index contributed by atoms with van der Waals surface area (Å²) >= 11 is 1.34. The van der Waals surface area contributed by atoms with Crippen LogP contribution < -0.4 is 24.2 Å². The number of aromatic carboxylic acids is 1. The van der Waals surface area contributed by atoms with E-state index in [1.54, 1.807) is 47.3 Å². The molecule has 0 fully saturated rings. The van der Waals surface area contributed by atoms with E-state index in [2.05, 4.69) is 25.0 Å². The SMILES string of the molecule is COc1ncc(-c2ccc3c(Nc4cc(OC(C)C)cc(C(=O)O)c4)c(S(=O)(=O)Nc4ccsc4)cnc3c2)c(OC)n1. The van der Waals surface area contributed by atoms with Crippen LogP contribution in [-0.4, -0.2) is 54.8 Å². The molecule has 0 saturated carbocycles. The van der Waals surface area contributed by atoms with Gasteiger partial charge < -0.3 is 24.6 Å². The van der Waals surface area contributed by atoms with Crippen molar-refractivity contribution in [2.45, 2.75) is 24.8 Å². The Balaban J connectivity index is 1.68. The van der Waals surface area contributed by atoms with E-state index in [0.29, 0.717) is 39.2 Å². The summed E-state index contributed by atoms with van der Waals surface area (Å²) in [6.07, 6.45) is 2.58. The van der Waals surface area contributed by atoms with E-state index in [1.165, 1.54) is 43.9 Å². The molecule has 14 heteroatoms. The molecule has 0 aliphatic carbocycles. The smallest absolute Gasteiger partial charge is 0.335 e. The maximum Gasteiger partial charge on any atom is 0.335 e. The zero-order valence-corrected chi connectivity index (χ0v) is 25.1. The highest BCUT2D eigenvalue weighted by Crippen LogP contribution is 2.37. The number of aromatic nitrogens is 3. The summed E-state index contributed by atoms with van der Waals surface area (Å²) < 4.78 is 46.1. The number of carbonyl (C=O) groups is 1. The van der Waals surface area contributed by atoms with E-state index < -0.39 is 16.0 Å². The van der Waals surface area contributed by atoms with Crippen LogP contribution in [0.25, 0.3) is 22.0 Å². The minimum Gasteiger partial charge on any atom is -0.491 e. The standard InChI is InChI=1S/C29H27N5O7S2/c1-16(2)41-21-10-18(28(35)36)9-20(12-21)32-26-22-6-5-17(23-13-31-29(40-4)33-27(23)39-3)11-24(22)30-14-25(26)43(37,38)34-19-7-8-42-15-19/h5-16,34H,1-4H3,(H,30,32)(H,35,36). The molecule has 0 bridgehead atoms. The minimum atomic E-state index is -4.13. The number of benzene rings is 2. The number of rotatable bonds is 11. The van der Waals surface area contributed by atoms with Gasteiger partial charge in [-0.1, -0.05) is 12.1 Å². The first-order valence-corrected chi connectivity index (χ1v) is 15.3. The molecule has 3 N–H and O–H groups in total. The molecular weight excluding hydrogens is 594 g/mol. The predicted molar refractivity (Wildman–Crippen MR) is 163 cm³/mol. The molecule has 222 valence electrons. The summed E-state index contributed by atoms with van der Waals surface area (Å²) in [6.45, 7) is 3.64. The van der Waals surface area contributed by atoms with Crippen molar-refractivity contribution >= 4 is 55.3 Å². The normalized spacial score (nSPS) is 11.4. The average Bonchev–Trinajstić information content (AvgIpc) is 3.48. The molecule has 2 aromatic carbocycles. The van der Waals surface area contributed by atoms with Gasteiger partial charge in [0.05, 0.1) is 54.5 Å². The Morgan fingerprint density at radius 2 is 1.81 bits per heavy atom. The Bertz CT molecular complexity index is 1910. The van der Waals surface area contributed by atoms with Crippen LogP contribution in [0.4, 0.5) is 17.1 Å². The fourth-order valence-corrected chi connectivity index (χ4v) is 6.12. The molecule has 0 amide bonds. The van der Waals surface area contributed by atoms with Crippen molar-refractivity contribution in [1.82, 2.24) is 15.0 Å². The van der Waals surface area contributed by atoms with Gasteiger partial charge in [-0.15, -0.1) is 0 Å². The number of nitrogens with zero attached hydrogens (tertiary/aromatic N) is 3. The number of sulfonamides is 1. The first-order valence-electron chi connectivity index (χ1n) is 12.8. The number of anilines is 3. The summed E-state index contributed by atoms with van der Waals surface area (Å²) in [5.74, 6) is -0.568. The Labute approximate surface area is 251 Å². The van der Waals surface area contributed by atoms with Crippen molar-refractivity contribution in [1.29, 1.82) is 0 Å². The summed E-state index contributed by atoms with van der Waals surface area (Å²) in [5.41, 5.74) is 2.55. The Kier molecular flexibility index (Phi) is 8.32. The third-order valence-corrected chi connectivity index (χ3v) is 8.19. The van der Waals surface area contributed by atoms with Crippen molar-refractivity contribution in [3.63, 3.8) is 0 Å². The van der Waals surface area contributed by atoms with Crippen LogP contribution in [-0.2, 0) is 10.0 Å². The van der Waals surface area contributed by atoms with Crippen LogP contribution in [0.5, 0.6) is 17.6 Å². The topological polar surface area (TPSA) is 162 Å². The van der Waals surface area contributed by atoms with E-state index in [-0.39, 0.29) is 34.1 Å². The third-order valence-electron chi connectivity index (χ3n) is 6.11. The molecule has 0 saturated heterocycles. The van der Waals surface area contributed by atoms with Crippen molar-refractivity contribution in [3.05, 3.63) is 71.2 Å². The number of nitrogens with one attached hydrogen (secondary N) is 2.